The number of nitrogen functional groups attached to an aromatic ring is 1. The highest BCUT2D eigenvalue weighted by Crippen LogP contribution is 2.29. The van der Waals surface area contributed by atoms with E-state index in [4.69, 9.17) is 11.5 Å². The van der Waals surface area contributed by atoms with Crippen molar-refractivity contribution in [1.82, 2.24) is 4.90 Å². The average molecular weight is 321 g/mol. The molecule has 1 saturated heterocycles. The van der Waals surface area contributed by atoms with Gasteiger partial charge in [0.2, 0.25) is 11.8 Å². The number of carbonyl (C=O) groups excluding carboxylic acids is 2. The number of thioether (sulfide) groups is 1. The molecular formula is C16H23N3O2S. The zero-order valence-electron chi connectivity index (χ0n) is 12.8. The summed E-state index contributed by atoms with van der Waals surface area (Å²) >= 11 is 1.57. The number of nitrogens with two attached hydrogens (primary N) is 2. The third-order valence-corrected chi connectivity index (χ3v) is 5.38. The Morgan fingerprint density at radius 1 is 1.27 bits per heavy atom. The van der Waals surface area contributed by atoms with E-state index in [1.807, 2.05) is 36.1 Å². The van der Waals surface area contributed by atoms with Gasteiger partial charge in [0, 0.05) is 29.6 Å². The molecular weight excluding hydrogens is 298 g/mol. The van der Waals surface area contributed by atoms with Gasteiger partial charge in [0.25, 0.3) is 0 Å². The Bertz CT molecular complexity index is 525. The number of nitrogens with zero attached hydrogens (tertiary/aromatic N) is 1. The number of carbonyl (C=O) groups is 2. The summed E-state index contributed by atoms with van der Waals surface area (Å²) in [5.41, 5.74) is 11.7. The quantitative estimate of drug-likeness (QED) is 0.640. The van der Waals surface area contributed by atoms with Crippen LogP contribution in [0, 0.1) is 5.92 Å². The van der Waals surface area contributed by atoms with E-state index in [1.54, 1.807) is 11.8 Å². The maximum Gasteiger partial charge on any atom is 0.236 e. The lowest BCUT2D eigenvalue weighted by atomic mass is 9.96. The molecule has 1 aliphatic rings. The van der Waals surface area contributed by atoms with Gasteiger partial charge in [-0.2, -0.15) is 0 Å². The summed E-state index contributed by atoms with van der Waals surface area (Å²) in [5, 5.41) is -0.103. The van der Waals surface area contributed by atoms with Gasteiger partial charge in [-0.15, -0.1) is 11.8 Å². The normalized spacial score (nSPS) is 17.2. The summed E-state index contributed by atoms with van der Waals surface area (Å²) in [4.78, 5) is 26.7. The van der Waals surface area contributed by atoms with Crippen molar-refractivity contribution in [2.45, 2.75) is 36.3 Å². The summed E-state index contributed by atoms with van der Waals surface area (Å²) in [5.74, 6) is -0.198. The molecule has 1 aliphatic heterocycles. The van der Waals surface area contributed by atoms with E-state index in [2.05, 4.69) is 0 Å². The zero-order chi connectivity index (χ0) is 16.1. The van der Waals surface area contributed by atoms with Crippen LogP contribution in [0.25, 0.3) is 0 Å². The minimum atomic E-state index is -0.254. The second-order valence-corrected chi connectivity index (χ2v) is 6.86. The van der Waals surface area contributed by atoms with E-state index in [1.165, 1.54) is 0 Å². The topological polar surface area (TPSA) is 89.4 Å². The van der Waals surface area contributed by atoms with Crippen molar-refractivity contribution >= 4 is 29.3 Å². The SMILES string of the molecule is CCC(Sc1ccc(N)cc1)C(=O)N1CCC(C(N)=O)CC1. The molecule has 120 valence electrons. The van der Waals surface area contributed by atoms with Crippen LogP contribution in [0.4, 0.5) is 5.69 Å². The molecule has 1 fully saturated rings. The Balaban J connectivity index is 1.94. The number of primary amides is 1. The van der Waals surface area contributed by atoms with Crippen molar-refractivity contribution in [2.24, 2.45) is 11.7 Å². The van der Waals surface area contributed by atoms with Crippen LogP contribution in [0.2, 0.25) is 0 Å². The molecule has 2 amide bonds. The first-order valence-corrected chi connectivity index (χ1v) is 8.49. The van der Waals surface area contributed by atoms with Crippen LogP contribution >= 0.6 is 11.8 Å². The second kappa shape index (κ2) is 7.54. The zero-order valence-corrected chi connectivity index (χ0v) is 13.6. The molecule has 1 aromatic rings. The molecule has 5 nitrogen and oxygen atoms in total. The van der Waals surface area contributed by atoms with Crippen molar-refractivity contribution in [3.05, 3.63) is 24.3 Å². The van der Waals surface area contributed by atoms with Crippen LogP contribution in [0.15, 0.2) is 29.2 Å². The van der Waals surface area contributed by atoms with E-state index >= 15 is 0 Å². The summed E-state index contributed by atoms with van der Waals surface area (Å²) < 4.78 is 0. The first kappa shape index (κ1) is 16.7. The van der Waals surface area contributed by atoms with Gasteiger partial charge in [-0.3, -0.25) is 9.59 Å². The number of hydrogen-bond acceptors (Lipinski definition) is 4. The number of benzene rings is 1. The molecule has 1 atom stereocenters. The smallest absolute Gasteiger partial charge is 0.236 e. The highest BCUT2D eigenvalue weighted by molar-refractivity contribution is 8.00. The lowest BCUT2D eigenvalue weighted by Gasteiger charge is -2.32. The number of hydrogen-bond donors (Lipinski definition) is 2. The number of piperidine rings is 1. The van der Waals surface area contributed by atoms with E-state index < -0.39 is 0 Å². The van der Waals surface area contributed by atoms with Gasteiger partial charge in [-0.05, 0) is 43.5 Å². The fourth-order valence-corrected chi connectivity index (χ4v) is 3.65. The molecule has 2 rings (SSSR count). The number of likely N-dealkylation sites (tertiary alicyclic amines) is 1. The van der Waals surface area contributed by atoms with Gasteiger partial charge in [-0.25, -0.2) is 0 Å². The van der Waals surface area contributed by atoms with Gasteiger partial charge in [0.05, 0.1) is 5.25 Å². The first-order valence-electron chi connectivity index (χ1n) is 7.61. The maximum atomic E-state index is 12.6. The van der Waals surface area contributed by atoms with E-state index in [-0.39, 0.29) is 23.0 Å². The molecule has 0 aromatic heterocycles. The third-order valence-electron chi connectivity index (χ3n) is 4.01. The fourth-order valence-electron chi connectivity index (χ4n) is 2.61. The summed E-state index contributed by atoms with van der Waals surface area (Å²) in [6.07, 6.45) is 2.11. The van der Waals surface area contributed by atoms with Gasteiger partial charge >= 0.3 is 0 Å². The van der Waals surface area contributed by atoms with Crippen molar-refractivity contribution in [1.29, 1.82) is 0 Å². The summed E-state index contributed by atoms with van der Waals surface area (Å²) in [6.45, 7) is 3.25. The Morgan fingerprint density at radius 3 is 2.36 bits per heavy atom. The second-order valence-electron chi connectivity index (χ2n) is 5.59. The summed E-state index contributed by atoms with van der Waals surface area (Å²) in [6, 6.07) is 7.57. The van der Waals surface area contributed by atoms with Gasteiger partial charge in [-0.1, -0.05) is 6.92 Å². The maximum absolute atomic E-state index is 12.6. The standard InChI is InChI=1S/C16H23N3O2S/c1-2-14(22-13-5-3-12(17)4-6-13)16(21)19-9-7-11(8-10-19)15(18)20/h3-6,11,14H,2,7-10,17H2,1H3,(H2,18,20). The number of anilines is 1. The van der Waals surface area contributed by atoms with Crippen molar-refractivity contribution < 1.29 is 9.59 Å². The monoisotopic (exact) mass is 321 g/mol. The lowest BCUT2D eigenvalue weighted by molar-refractivity contribution is -0.134. The van der Waals surface area contributed by atoms with Gasteiger partial charge in [0.15, 0.2) is 0 Å². The Kier molecular flexibility index (Phi) is 5.71. The molecule has 1 heterocycles. The molecule has 0 saturated carbocycles. The molecule has 1 aromatic carbocycles. The van der Waals surface area contributed by atoms with Crippen LogP contribution < -0.4 is 11.5 Å². The number of rotatable bonds is 5. The fraction of sp³-hybridized carbons (Fsp3) is 0.500. The van der Waals surface area contributed by atoms with Gasteiger partial charge in [0.1, 0.15) is 0 Å². The van der Waals surface area contributed by atoms with E-state index in [0.717, 1.165) is 17.0 Å². The van der Waals surface area contributed by atoms with Crippen LogP contribution in [-0.4, -0.2) is 35.1 Å². The molecule has 22 heavy (non-hydrogen) atoms. The first-order chi connectivity index (χ1) is 10.5. The van der Waals surface area contributed by atoms with Crippen LogP contribution in [0.5, 0.6) is 0 Å². The van der Waals surface area contributed by atoms with Crippen molar-refractivity contribution in [3.63, 3.8) is 0 Å². The highest BCUT2D eigenvalue weighted by atomic mass is 32.2. The lowest BCUT2D eigenvalue weighted by Crippen LogP contribution is -2.44. The van der Waals surface area contributed by atoms with Crippen LogP contribution in [0.1, 0.15) is 26.2 Å². The molecule has 1 unspecified atom stereocenters. The Hall–Kier alpha value is -1.69. The van der Waals surface area contributed by atoms with Gasteiger partial charge < -0.3 is 16.4 Å². The largest absolute Gasteiger partial charge is 0.399 e. The number of amides is 2. The molecule has 0 spiro atoms. The van der Waals surface area contributed by atoms with Crippen molar-refractivity contribution in [3.8, 4) is 0 Å². The predicted molar refractivity (Wildman–Crippen MR) is 89.3 cm³/mol. The highest BCUT2D eigenvalue weighted by Gasteiger charge is 2.29. The Labute approximate surface area is 135 Å². The van der Waals surface area contributed by atoms with Crippen molar-refractivity contribution in [2.75, 3.05) is 18.8 Å². The van der Waals surface area contributed by atoms with E-state index in [0.29, 0.717) is 25.9 Å². The molecule has 0 radical (unpaired) electrons. The minimum absolute atomic E-state index is 0.0890. The third kappa shape index (κ3) is 4.16. The predicted octanol–water partition coefficient (Wildman–Crippen LogP) is 1.86. The molecule has 4 N–H and O–H groups in total. The van der Waals surface area contributed by atoms with E-state index in [9.17, 15) is 9.59 Å². The minimum Gasteiger partial charge on any atom is -0.399 e. The van der Waals surface area contributed by atoms with Crippen LogP contribution in [0.3, 0.4) is 0 Å². The molecule has 6 heteroatoms. The molecule has 0 bridgehead atoms. The van der Waals surface area contributed by atoms with Crippen LogP contribution in [-0.2, 0) is 9.59 Å². The Morgan fingerprint density at radius 2 is 1.86 bits per heavy atom. The molecule has 0 aliphatic carbocycles. The summed E-state index contributed by atoms with van der Waals surface area (Å²) in [7, 11) is 0. The average Bonchev–Trinajstić information content (AvgIpc) is 2.53.